The summed E-state index contributed by atoms with van der Waals surface area (Å²) in [6, 6.07) is 2.71. The molecule has 0 aliphatic rings. The number of halogens is 1. The minimum atomic E-state index is -3.83. The van der Waals surface area contributed by atoms with Crippen molar-refractivity contribution < 1.29 is 27.1 Å². The van der Waals surface area contributed by atoms with Gasteiger partial charge in [0.25, 0.3) is 5.91 Å². The van der Waals surface area contributed by atoms with Crippen LogP contribution in [0.1, 0.15) is 37.0 Å². The van der Waals surface area contributed by atoms with E-state index < -0.39 is 39.9 Å². The lowest BCUT2D eigenvalue weighted by atomic mass is 10.2. The topological polar surface area (TPSA) is 102 Å². The number of hydrogen-bond donors (Lipinski definition) is 2. The Morgan fingerprint density at radius 1 is 1.25 bits per heavy atom. The van der Waals surface area contributed by atoms with Crippen LogP contribution in [0.25, 0.3) is 0 Å². The van der Waals surface area contributed by atoms with E-state index in [0.29, 0.717) is 0 Å². The van der Waals surface area contributed by atoms with E-state index >= 15 is 0 Å². The molecule has 2 N–H and O–H groups in total. The average molecular weight is 360 g/mol. The quantitative estimate of drug-likeness (QED) is 0.678. The fraction of sp³-hybridized carbons (Fsp3) is 0.467. The molecule has 0 saturated carbocycles. The van der Waals surface area contributed by atoms with E-state index in [-0.39, 0.29) is 10.9 Å². The van der Waals surface area contributed by atoms with Crippen molar-refractivity contribution in [3.8, 4) is 0 Å². The molecule has 0 aromatic heterocycles. The standard InChI is InChI=1S/C15H21FN2O5S/c1-4-10(5-2)18-14(19)9-23-15(20)12-8-11(6-7-13(12)16)24(21,22)17-3/h6-8,10,17H,4-5,9H2,1-3H3,(H,18,19). The number of rotatable bonds is 8. The van der Waals surface area contributed by atoms with Crippen molar-refractivity contribution in [1.82, 2.24) is 10.0 Å². The second kappa shape index (κ2) is 8.74. The summed E-state index contributed by atoms with van der Waals surface area (Å²) < 4.78 is 43.9. The van der Waals surface area contributed by atoms with Crippen LogP contribution in [0, 0.1) is 5.82 Å². The van der Waals surface area contributed by atoms with Crippen molar-refractivity contribution in [3.05, 3.63) is 29.6 Å². The normalized spacial score (nSPS) is 11.4. The number of ether oxygens (including phenoxy) is 1. The van der Waals surface area contributed by atoms with E-state index in [9.17, 15) is 22.4 Å². The molecule has 0 bridgehead atoms. The zero-order valence-electron chi connectivity index (χ0n) is 13.8. The molecule has 1 aromatic rings. The van der Waals surface area contributed by atoms with Gasteiger partial charge in [-0.3, -0.25) is 4.79 Å². The van der Waals surface area contributed by atoms with E-state index in [4.69, 9.17) is 4.74 Å². The molecule has 1 amide bonds. The first kappa shape index (κ1) is 20.0. The van der Waals surface area contributed by atoms with Crippen LogP contribution in [0.5, 0.6) is 0 Å². The van der Waals surface area contributed by atoms with Crippen molar-refractivity contribution in [2.45, 2.75) is 37.6 Å². The third-order valence-electron chi connectivity index (χ3n) is 3.42. The van der Waals surface area contributed by atoms with Crippen molar-refractivity contribution in [2.24, 2.45) is 0 Å². The number of hydrogen-bond acceptors (Lipinski definition) is 5. The number of nitrogens with one attached hydrogen (secondary N) is 2. The molecule has 0 unspecified atom stereocenters. The number of carbonyl (C=O) groups is 2. The highest BCUT2D eigenvalue weighted by molar-refractivity contribution is 7.89. The molecule has 7 nitrogen and oxygen atoms in total. The number of amides is 1. The first-order valence-corrected chi connectivity index (χ1v) is 8.93. The van der Waals surface area contributed by atoms with Gasteiger partial charge in [-0.2, -0.15) is 0 Å². The minimum absolute atomic E-state index is 0.0305. The molecule has 0 spiro atoms. The van der Waals surface area contributed by atoms with E-state index in [2.05, 4.69) is 10.0 Å². The first-order chi connectivity index (χ1) is 11.2. The summed E-state index contributed by atoms with van der Waals surface area (Å²) in [5.74, 6) is -2.55. The SMILES string of the molecule is CCC(CC)NC(=O)COC(=O)c1cc(S(=O)(=O)NC)ccc1F. The predicted octanol–water partition coefficient (Wildman–Crippen LogP) is 1.20. The van der Waals surface area contributed by atoms with Crippen LogP contribution in [-0.2, 0) is 19.6 Å². The third-order valence-corrected chi connectivity index (χ3v) is 4.83. The van der Waals surface area contributed by atoms with Gasteiger partial charge in [-0.05, 0) is 38.1 Å². The van der Waals surface area contributed by atoms with Gasteiger partial charge >= 0.3 is 5.97 Å². The van der Waals surface area contributed by atoms with Gasteiger partial charge in [0.2, 0.25) is 10.0 Å². The Hall–Kier alpha value is -2.00. The maximum atomic E-state index is 13.7. The van der Waals surface area contributed by atoms with Crippen molar-refractivity contribution >= 4 is 21.9 Å². The molecular formula is C15H21FN2O5S. The molecule has 0 heterocycles. The van der Waals surface area contributed by atoms with Gasteiger partial charge in [-0.15, -0.1) is 0 Å². The van der Waals surface area contributed by atoms with Crippen molar-refractivity contribution in [1.29, 1.82) is 0 Å². The molecule has 9 heteroatoms. The molecule has 0 fully saturated rings. The highest BCUT2D eigenvalue weighted by atomic mass is 32.2. The fourth-order valence-electron chi connectivity index (χ4n) is 1.92. The monoisotopic (exact) mass is 360 g/mol. The Morgan fingerprint density at radius 2 is 1.88 bits per heavy atom. The lowest BCUT2D eigenvalue weighted by Gasteiger charge is -2.14. The summed E-state index contributed by atoms with van der Waals surface area (Å²) >= 11 is 0. The second-order valence-corrected chi connectivity index (χ2v) is 6.89. The summed E-state index contributed by atoms with van der Waals surface area (Å²) in [5.41, 5.74) is -0.554. The highest BCUT2D eigenvalue weighted by Gasteiger charge is 2.20. The predicted molar refractivity (Wildman–Crippen MR) is 85.4 cm³/mol. The van der Waals surface area contributed by atoms with Gasteiger partial charge < -0.3 is 10.1 Å². The van der Waals surface area contributed by atoms with Gasteiger partial charge in [0.15, 0.2) is 6.61 Å². The molecule has 24 heavy (non-hydrogen) atoms. The van der Waals surface area contributed by atoms with E-state index in [1.807, 2.05) is 13.8 Å². The molecule has 0 aliphatic heterocycles. The summed E-state index contributed by atoms with van der Waals surface area (Å²) in [7, 11) is -2.64. The molecule has 0 saturated heterocycles. The van der Waals surface area contributed by atoms with Crippen LogP contribution in [0.2, 0.25) is 0 Å². The number of benzene rings is 1. The molecule has 134 valence electrons. The zero-order chi connectivity index (χ0) is 18.3. The van der Waals surface area contributed by atoms with Gasteiger partial charge in [-0.1, -0.05) is 13.8 Å². The zero-order valence-corrected chi connectivity index (χ0v) is 14.6. The summed E-state index contributed by atoms with van der Waals surface area (Å²) in [6.07, 6.45) is 1.46. The summed E-state index contributed by atoms with van der Waals surface area (Å²) in [6.45, 7) is 3.24. The summed E-state index contributed by atoms with van der Waals surface area (Å²) in [5, 5.41) is 2.67. The smallest absolute Gasteiger partial charge is 0.341 e. The van der Waals surface area contributed by atoms with Crippen LogP contribution in [0.15, 0.2) is 23.1 Å². The van der Waals surface area contributed by atoms with E-state index in [0.717, 1.165) is 31.0 Å². The van der Waals surface area contributed by atoms with Crippen molar-refractivity contribution in [2.75, 3.05) is 13.7 Å². The summed E-state index contributed by atoms with van der Waals surface area (Å²) in [4.78, 5) is 23.3. The van der Waals surface area contributed by atoms with Crippen LogP contribution in [0.3, 0.4) is 0 Å². The second-order valence-electron chi connectivity index (χ2n) is 5.01. The largest absolute Gasteiger partial charge is 0.452 e. The van der Waals surface area contributed by atoms with Gasteiger partial charge in [0, 0.05) is 6.04 Å². The molecule has 0 radical (unpaired) electrons. The lowest BCUT2D eigenvalue weighted by Crippen LogP contribution is -2.37. The van der Waals surface area contributed by atoms with Crippen molar-refractivity contribution in [3.63, 3.8) is 0 Å². The Labute approximate surface area is 140 Å². The number of carbonyl (C=O) groups excluding carboxylic acids is 2. The molecule has 0 atom stereocenters. The highest BCUT2D eigenvalue weighted by Crippen LogP contribution is 2.16. The van der Waals surface area contributed by atoms with Crippen LogP contribution in [-0.4, -0.2) is 40.0 Å². The maximum absolute atomic E-state index is 13.7. The fourth-order valence-corrected chi connectivity index (χ4v) is 2.67. The Bertz CT molecular complexity index is 702. The molecule has 1 aromatic carbocycles. The molecular weight excluding hydrogens is 339 g/mol. The average Bonchev–Trinajstić information content (AvgIpc) is 2.57. The number of sulfonamides is 1. The van der Waals surface area contributed by atoms with Crippen LogP contribution in [0.4, 0.5) is 4.39 Å². The Morgan fingerprint density at radius 3 is 2.42 bits per heavy atom. The minimum Gasteiger partial charge on any atom is -0.452 e. The Balaban J connectivity index is 2.81. The van der Waals surface area contributed by atoms with E-state index in [1.165, 1.54) is 7.05 Å². The number of esters is 1. The van der Waals surface area contributed by atoms with Gasteiger partial charge in [-0.25, -0.2) is 22.3 Å². The first-order valence-electron chi connectivity index (χ1n) is 7.44. The molecule has 0 aliphatic carbocycles. The molecule has 1 rings (SSSR count). The third kappa shape index (κ3) is 5.27. The van der Waals surface area contributed by atoms with Gasteiger partial charge in [0.05, 0.1) is 10.5 Å². The van der Waals surface area contributed by atoms with E-state index in [1.54, 1.807) is 0 Å². The lowest BCUT2D eigenvalue weighted by molar-refractivity contribution is -0.125. The van der Waals surface area contributed by atoms with Gasteiger partial charge in [0.1, 0.15) is 5.82 Å². The maximum Gasteiger partial charge on any atom is 0.341 e. The Kier molecular flexibility index (Phi) is 7.30. The van der Waals surface area contributed by atoms with Crippen LogP contribution < -0.4 is 10.0 Å². The van der Waals surface area contributed by atoms with Crippen LogP contribution >= 0.6 is 0 Å².